The van der Waals surface area contributed by atoms with Gasteiger partial charge in [0.25, 0.3) is 5.91 Å². The number of amides is 1. The molecule has 0 unspecified atom stereocenters. The Kier molecular flexibility index (Phi) is 3.61. The maximum Gasteiger partial charge on any atom is 0.256 e. The van der Waals surface area contributed by atoms with Crippen LogP contribution in [0.4, 0.5) is 0 Å². The fraction of sp³-hybridized carbons (Fsp3) is 0.333. The number of aryl methyl sites for hydroxylation is 1. The molecule has 0 radical (unpaired) electrons. The van der Waals surface area contributed by atoms with E-state index in [0.717, 1.165) is 48.6 Å². The summed E-state index contributed by atoms with van der Waals surface area (Å²) >= 11 is 0. The highest BCUT2D eigenvalue weighted by molar-refractivity contribution is 6.02. The van der Waals surface area contributed by atoms with E-state index in [1.807, 2.05) is 59.1 Å². The third kappa shape index (κ3) is 2.49. The van der Waals surface area contributed by atoms with E-state index < -0.39 is 0 Å². The number of carbonyl (C=O) groups is 1. The number of nitrogens with zero attached hydrogens (tertiary/aromatic N) is 5. The molecule has 1 saturated heterocycles. The van der Waals surface area contributed by atoms with Crippen molar-refractivity contribution >= 4 is 11.4 Å². The molecule has 1 amide bonds. The van der Waals surface area contributed by atoms with Crippen molar-refractivity contribution in [3.05, 3.63) is 48.3 Å². The Hall–Kier alpha value is -2.60. The molecule has 0 aromatic carbocycles. The first-order valence-corrected chi connectivity index (χ1v) is 8.21. The molecule has 4 rings (SSSR count). The number of hydrogen-bond donors (Lipinski definition) is 0. The topological polar surface area (TPSA) is 45.8 Å². The molecule has 6 nitrogen and oxygen atoms in total. The predicted molar refractivity (Wildman–Crippen MR) is 93.0 cm³/mol. The van der Waals surface area contributed by atoms with Gasteiger partial charge in [-0.3, -0.25) is 9.48 Å². The Labute approximate surface area is 140 Å². The van der Waals surface area contributed by atoms with Crippen molar-refractivity contribution in [2.75, 3.05) is 33.2 Å². The minimum atomic E-state index is 0.106. The third-order valence-corrected chi connectivity index (χ3v) is 4.67. The molecule has 0 spiro atoms. The highest BCUT2D eigenvalue weighted by Gasteiger charge is 2.24. The first-order chi connectivity index (χ1) is 11.6. The summed E-state index contributed by atoms with van der Waals surface area (Å²) in [6.07, 6.45) is 3.90. The second-order valence-corrected chi connectivity index (χ2v) is 6.37. The van der Waals surface area contributed by atoms with Crippen LogP contribution < -0.4 is 0 Å². The molecule has 1 aliphatic heterocycles. The molecule has 1 aliphatic rings. The first kappa shape index (κ1) is 15.0. The number of piperazine rings is 1. The van der Waals surface area contributed by atoms with E-state index in [2.05, 4.69) is 17.0 Å². The van der Waals surface area contributed by atoms with Crippen LogP contribution in [0.1, 0.15) is 10.4 Å². The Morgan fingerprint density at radius 1 is 1.04 bits per heavy atom. The molecule has 0 atom stereocenters. The van der Waals surface area contributed by atoms with Gasteiger partial charge in [-0.15, -0.1) is 0 Å². The van der Waals surface area contributed by atoms with Crippen LogP contribution >= 0.6 is 0 Å². The van der Waals surface area contributed by atoms with E-state index in [9.17, 15) is 4.79 Å². The van der Waals surface area contributed by atoms with Crippen LogP contribution in [-0.2, 0) is 7.05 Å². The molecule has 124 valence electrons. The van der Waals surface area contributed by atoms with Gasteiger partial charge in [-0.2, -0.15) is 5.10 Å². The highest BCUT2D eigenvalue weighted by atomic mass is 16.2. The van der Waals surface area contributed by atoms with Gasteiger partial charge < -0.3 is 14.2 Å². The average Bonchev–Trinajstić information content (AvgIpc) is 3.18. The SMILES string of the molecule is CN1CCN(C(=O)c2cc(-c3ccn(C)n3)n3ccccc23)CC1. The Morgan fingerprint density at radius 3 is 2.54 bits per heavy atom. The number of carbonyl (C=O) groups excluding carboxylic acids is 1. The summed E-state index contributed by atoms with van der Waals surface area (Å²) < 4.78 is 3.82. The number of likely N-dealkylation sites (N-methyl/N-ethyl adjacent to an activating group) is 1. The molecule has 3 aromatic rings. The van der Waals surface area contributed by atoms with Gasteiger partial charge in [0, 0.05) is 45.6 Å². The molecule has 4 heterocycles. The second kappa shape index (κ2) is 5.79. The van der Waals surface area contributed by atoms with Crippen LogP contribution in [0, 0.1) is 0 Å². The highest BCUT2D eigenvalue weighted by Crippen LogP contribution is 2.26. The van der Waals surface area contributed by atoms with Gasteiger partial charge in [-0.05, 0) is 31.3 Å². The lowest BCUT2D eigenvalue weighted by Crippen LogP contribution is -2.47. The maximum atomic E-state index is 13.0. The minimum Gasteiger partial charge on any atom is -0.336 e. The Balaban J connectivity index is 1.77. The summed E-state index contributed by atoms with van der Waals surface area (Å²) in [5.74, 6) is 0.106. The fourth-order valence-corrected chi connectivity index (χ4v) is 3.25. The van der Waals surface area contributed by atoms with Crippen molar-refractivity contribution in [3.8, 4) is 11.4 Å². The standard InChI is InChI=1S/C18H21N5O/c1-20-9-11-22(12-10-20)18(24)14-13-17(15-6-8-21(2)19-15)23-7-4-3-5-16(14)23/h3-8,13H,9-12H2,1-2H3. The summed E-state index contributed by atoms with van der Waals surface area (Å²) in [5, 5.41) is 4.49. The number of aromatic nitrogens is 3. The van der Waals surface area contributed by atoms with Gasteiger partial charge >= 0.3 is 0 Å². The van der Waals surface area contributed by atoms with Crippen LogP contribution in [0.15, 0.2) is 42.7 Å². The summed E-state index contributed by atoms with van der Waals surface area (Å²) in [6.45, 7) is 3.39. The molecule has 24 heavy (non-hydrogen) atoms. The first-order valence-electron chi connectivity index (χ1n) is 8.21. The monoisotopic (exact) mass is 323 g/mol. The number of fused-ring (bicyclic) bond motifs is 1. The largest absolute Gasteiger partial charge is 0.336 e. The normalized spacial score (nSPS) is 16.0. The van der Waals surface area contributed by atoms with E-state index in [0.29, 0.717) is 0 Å². The molecular weight excluding hydrogens is 302 g/mol. The van der Waals surface area contributed by atoms with Crippen molar-refractivity contribution in [2.24, 2.45) is 7.05 Å². The summed E-state index contributed by atoms with van der Waals surface area (Å²) in [4.78, 5) is 17.2. The van der Waals surface area contributed by atoms with E-state index in [1.165, 1.54) is 0 Å². The van der Waals surface area contributed by atoms with Gasteiger partial charge in [0.15, 0.2) is 0 Å². The van der Waals surface area contributed by atoms with Crippen molar-refractivity contribution in [1.29, 1.82) is 0 Å². The van der Waals surface area contributed by atoms with Gasteiger partial charge in [0.2, 0.25) is 0 Å². The van der Waals surface area contributed by atoms with Gasteiger partial charge in [0.05, 0.1) is 16.8 Å². The fourth-order valence-electron chi connectivity index (χ4n) is 3.25. The van der Waals surface area contributed by atoms with E-state index in [1.54, 1.807) is 4.68 Å². The zero-order valence-corrected chi connectivity index (χ0v) is 14.0. The smallest absolute Gasteiger partial charge is 0.256 e. The lowest BCUT2D eigenvalue weighted by Gasteiger charge is -2.32. The minimum absolute atomic E-state index is 0.106. The van der Waals surface area contributed by atoms with Gasteiger partial charge in [-0.1, -0.05) is 6.07 Å². The van der Waals surface area contributed by atoms with Gasteiger partial charge in [-0.25, -0.2) is 0 Å². The van der Waals surface area contributed by atoms with Crippen LogP contribution in [0.2, 0.25) is 0 Å². The summed E-state index contributed by atoms with van der Waals surface area (Å²) in [5.41, 5.74) is 3.50. The zero-order valence-electron chi connectivity index (χ0n) is 14.0. The van der Waals surface area contributed by atoms with Crippen molar-refractivity contribution < 1.29 is 4.79 Å². The van der Waals surface area contributed by atoms with Crippen molar-refractivity contribution in [1.82, 2.24) is 24.0 Å². The van der Waals surface area contributed by atoms with E-state index >= 15 is 0 Å². The van der Waals surface area contributed by atoms with Crippen LogP contribution in [-0.4, -0.2) is 63.1 Å². The van der Waals surface area contributed by atoms with Crippen LogP contribution in [0.3, 0.4) is 0 Å². The van der Waals surface area contributed by atoms with Crippen LogP contribution in [0.25, 0.3) is 16.9 Å². The van der Waals surface area contributed by atoms with Crippen molar-refractivity contribution in [3.63, 3.8) is 0 Å². The maximum absolute atomic E-state index is 13.0. The Bertz CT molecular complexity index is 886. The molecule has 1 fully saturated rings. The molecule has 3 aromatic heterocycles. The summed E-state index contributed by atoms with van der Waals surface area (Å²) in [6, 6.07) is 9.88. The number of hydrogen-bond acceptors (Lipinski definition) is 3. The Morgan fingerprint density at radius 2 is 1.83 bits per heavy atom. The molecule has 0 saturated carbocycles. The number of pyridine rings is 1. The average molecular weight is 323 g/mol. The zero-order chi connectivity index (χ0) is 16.7. The third-order valence-electron chi connectivity index (χ3n) is 4.67. The molecule has 0 aliphatic carbocycles. The summed E-state index contributed by atoms with van der Waals surface area (Å²) in [7, 11) is 3.99. The van der Waals surface area contributed by atoms with E-state index in [-0.39, 0.29) is 5.91 Å². The van der Waals surface area contributed by atoms with Crippen molar-refractivity contribution in [2.45, 2.75) is 0 Å². The lowest BCUT2D eigenvalue weighted by atomic mass is 10.2. The molecular formula is C18H21N5O. The lowest BCUT2D eigenvalue weighted by molar-refractivity contribution is 0.0666. The molecule has 0 bridgehead atoms. The van der Waals surface area contributed by atoms with Crippen LogP contribution in [0.5, 0.6) is 0 Å². The van der Waals surface area contributed by atoms with E-state index in [4.69, 9.17) is 0 Å². The predicted octanol–water partition coefficient (Wildman–Crippen LogP) is 1.73. The number of rotatable bonds is 2. The quantitative estimate of drug-likeness (QED) is 0.721. The molecule has 0 N–H and O–H groups in total. The molecule has 6 heteroatoms. The van der Waals surface area contributed by atoms with Gasteiger partial charge in [0.1, 0.15) is 5.69 Å². The second-order valence-electron chi connectivity index (χ2n) is 6.37.